The number of methoxy groups -OCH3 is 2. The first-order chi connectivity index (χ1) is 13.2. The van der Waals surface area contributed by atoms with Crippen molar-refractivity contribution >= 4 is 21.6 Å². The van der Waals surface area contributed by atoms with Crippen LogP contribution in [0.1, 0.15) is 35.8 Å². The van der Waals surface area contributed by atoms with Gasteiger partial charge in [-0.05, 0) is 56.3 Å². The van der Waals surface area contributed by atoms with Crippen LogP contribution < -0.4 is 19.1 Å². The Hall–Kier alpha value is -2.74. The summed E-state index contributed by atoms with van der Waals surface area (Å²) in [4.78, 5) is 12.6. The maximum atomic E-state index is 12.6. The van der Waals surface area contributed by atoms with Crippen LogP contribution in [-0.2, 0) is 10.0 Å². The molecule has 2 aromatic rings. The Labute approximate surface area is 166 Å². The van der Waals surface area contributed by atoms with Crippen molar-refractivity contribution in [1.82, 2.24) is 5.32 Å². The van der Waals surface area contributed by atoms with Crippen molar-refractivity contribution in [1.29, 1.82) is 0 Å². The molecule has 0 unspecified atom stereocenters. The molecule has 0 spiro atoms. The summed E-state index contributed by atoms with van der Waals surface area (Å²) in [5, 5.41) is 2.92. The zero-order chi connectivity index (χ0) is 20.9. The van der Waals surface area contributed by atoms with E-state index in [-0.39, 0.29) is 17.7 Å². The third-order valence-corrected chi connectivity index (χ3v) is 6.30. The molecule has 28 heavy (non-hydrogen) atoms. The monoisotopic (exact) mass is 406 g/mol. The van der Waals surface area contributed by atoms with Crippen molar-refractivity contribution in [3.05, 3.63) is 53.6 Å². The first kappa shape index (κ1) is 21.6. The highest BCUT2D eigenvalue weighted by Gasteiger charge is 2.18. The normalized spacial score (nSPS) is 12.2. The fourth-order valence-corrected chi connectivity index (χ4v) is 3.54. The van der Waals surface area contributed by atoms with Gasteiger partial charge in [0, 0.05) is 18.2 Å². The van der Waals surface area contributed by atoms with Crippen LogP contribution in [0.4, 0.5) is 5.69 Å². The summed E-state index contributed by atoms with van der Waals surface area (Å²) >= 11 is 0. The summed E-state index contributed by atoms with van der Waals surface area (Å²) in [6.45, 7) is 3.44. The molecule has 1 atom stereocenters. The summed E-state index contributed by atoms with van der Waals surface area (Å²) in [7, 11) is 1.29. The molecule has 0 saturated heterocycles. The van der Waals surface area contributed by atoms with Gasteiger partial charge in [-0.2, -0.15) is 0 Å². The molecule has 1 amide bonds. The standard InChI is InChI=1S/C20H26N2O5S/c1-6-28(24,25)22(3)16-9-7-15(8-10-16)20(23)21-14(2)18-13-17(26-4)11-12-19(18)27-5/h7-14H,6H2,1-5H3,(H,21,23)/t14-/m1/s1. The van der Waals surface area contributed by atoms with Crippen LogP contribution in [0.15, 0.2) is 42.5 Å². The van der Waals surface area contributed by atoms with Crippen molar-refractivity contribution in [3.63, 3.8) is 0 Å². The molecule has 0 aliphatic carbocycles. The zero-order valence-electron chi connectivity index (χ0n) is 16.7. The number of carbonyl (C=O) groups excluding carboxylic acids is 1. The molecular formula is C20H26N2O5S. The van der Waals surface area contributed by atoms with Crippen LogP contribution in [0, 0.1) is 0 Å². The van der Waals surface area contributed by atoms with Crippen LogP contribution in [0.5, 0.6) is 11.5 Å². The second kappa shape index (κ2) is 8.97. The minimum absolute atomic E-state index is 0.00558. The number of ether oxygens (including phenoxy) is 2. The molecule has 0 aromatic heterocycles. The number of nitrogens with zero attached hydrogens (tertiary/aromatic N) is 1. The quantitative estimate of drug-likeness (QED) is 0.728. The van der Waals surface area contributed by atoms with Gasteiger partial charge >= 0.3 is 0 Å². The van der Waals surface area contributed by atoms with Crippen molar-refractivity contribution in [2.45, 2.75) is 19.9 Å². The summed E-state index contributed by atoms with van der Waals surface area (Å²) in [6.07, 6.45) is 0. The second-order valence-corrected chi connectivity index (χ2v) is 8.51. The van der Waals surface area contributed by atoms with Gasteiger partial charge in [-0.3, -0.25) is 9.10 Å². The molecule has 0 bridgehead atoms. The van der Waals surface area contributed by atoms with Gasteiger partial charge < -0.3 is 14.8 Å². The number of hydrogen-bond donors (Lipinski definition) is 1. The van der Waals surface area contributed by atoms with Crippen LogP contribution >= 0.6 is 0 Å². The maximum Gasteiger partial charge on any atom is 0.251 e. The number of rotatable bonds is 8. The Morgan fingerprint density at radius 3 is 2.29 bits per heavy atom. The maximum absolute atomic E-state index is 12.6. The molecular weight excluding hydrogens is 380 g/mol. The number of sulfonamides is 1. The molecule has 0 fully saturated rings. The molecule has 152 valence electrons. The van der Waals surface area contributed by atoms with Gasteiger partial charge in [0.15, 0.2) is 0 Å². The van der Waals surface area contributed by atoms with Crippen LogP contribution in [0.25, 0.3) is 0 Å². The van der Waals surface area contributed by atoms with Crippen molar-refractivity contribution in [3.8, 4) is 11.5 Å². The average molecular weight is 407 g/mol. The van der Waals surface area contributed by atoms with E-state index < -0.39 is 10.0 Å². The molecule has 8 heteroatoms. The highest BCUT2D eigenvalue weighted by molar-refractivity contribution is 7.92. The fourth-order valence-electron chi connectivity index (χ4n) is 2.71. The third kappa shape index (κ3) is 4.75. The summed E-state index contributed by atoms with van der Waals surface area (Å²) in [6, 6.07) is 11.5. The molecule has 2 aromatic carbocycles. The molecule has 0 aliphatic heterocycles. The molecule has 0 radical (unpaired) electrons. The Morgan fingerprint density at radius 1 is 1.11 bits per heavy atom. The SMILES string of the molecule is CCS(=O)(=O)N(C)c1ccc(C(=O)N[C@H](C)c2cc(OC)ccc2OC)cc1. The first-order valence-electron chi connectivity index (χ1n) is 8.83. The smallest absolute Gasteiger partial charge is 0.251 e. The molecule has 1 N–H and O–H groups in total. The Morgan fingerprint density at radius 2 is 1.75 bits per heavy atom. The molecule has 0 aliphatic rings. The van der Waals surface area contributed by atoms with Gasteiger partial charge in [0.1, 0.15) is 11.5 Å². The largest absolute Gasteiger partial charge is 0.497 e. The average Bonchev–Trinajstić information content (AvgIpc) is 2.72. The topological polar surface area (TPSA) is 84.9 Å². The van der Waals surface area contributed by atoms with Crippen molar-refractivity contribution < 1.29 is 22.7 Å². The Kier molecular flexibility index (Phi) is 6.90. The van der Waals surface area contributed by atoms with Crippen molar-refractivity contribution in [2.75, 3.05) is 31.3 Å². The molecule has 0 saturated carbocycles. The highest BCUT2D eigenvalue weighted by Crippen LogP contribution is 2.29. The third-order valence-electron chi connectivity index (χ3n) is 4.53. The van der Waals surface area contributed by atoms with E-state index in [1.165, 1.54) is 11.4 Å². The number of anilines is 1. The summed E-state index contributed by atoms with van der Waals surface area (Å²) in [5.41, 5.74) is 1.72. The highest BCUT2D eigenvalue weighted by atomic mass is 32.2. The molecule has 2 rings (SSSR count). The van der Waals surface area contributed by atoms with E-state index >= 15 is 0 Å². The van der Waals surface area contributed by atoms with Crippen LogP contribution in [0.2, 0.25) is 0 Å². The van der Waals surface area contributed by atoms with E-state index in [9.17, 15) is 13.2 Å². The van der Waals surface area contributed by atoms with E-state index in [0.29, 0.717) is 22.7 Å². The van der Waals surface area contributed by atoms with Crippen LogP contribution in [-0.4, -0.2) is 41.3 Å². The van der Waals surface area contributed by atoms with Gasteiger partial charge in [0.2, 0.25) is 10.0 Å². The number of nitrogens with one attached hydrogen (secondary N) is 1. The van der Waals surface area contributed by atoms with E-state index in [0.717, 1.165) is 5.56 Å². The second-order valence-electron chi connectivity index (χ2n) is 6.22. The van der Waals surface area contributed by atoms with Gasteiger partial charge in [-0.25, -0.2) is 8.42 Å². The molecule has 7 nitrogen and oxygen atoms in total. The van der Waals surface area contributed by atoms with E-state index in [1.807, 2.05) is 13.0 Å². The van der Waals surface area contributed by atoms with Crippen LogP contribution in [0.3, 0.4) is 0 Å². The van der Waals surface area contributed by atoms with Crippen molar-refractivity contribution in [2.24, 2.45) is 0 Å². The minimum Gasteiger partial charge on any atom is -0.497 e. The number of amides is 1. The minimum atomic E-state index is -3.35. The summed E-state index contributed by atoms with van der Waals surface area (Å²) < 4.78 is 35.7. The lowest BCUT2D eigenvalue weighted by Crippen LogP contribution is -2.28. The van der Waals surface area contributed by atoms with E-state index in [2.05, 4.69) is 5.32 Å². The Bertz CT molecular complexity index is 926. The van der Waals surface area contributed by atoms with Gasteiger partial charge in [0.25, 0.3) is 5.91 Å². The van der Waals surface area contributed by atoms with E-state index in [4.69, 9.17) is 9.47 Å². The van der Waals surface area contributed by atoms with E-state index in [1.54, 1.807) is 57.5 Å². The summed E-state index contributed by atoms with van der Waals surface area (Å²) in [5.74, 6) is 1.05. The fraction of sp³-hybridized carbons (Fsp3) is 0.350. The zero-order valence-corrected chi connectivity index (χ0v) is 17.5. The predicted octanol–water partition coefficient (Wildman–Crippen LogP) is 2.98. The lowest BCUT2D eigenvalue weighted by Gasteiger charge is -2.20. The number of hydrogen-bond acceptors (Lipinski definition) is 5. The lowest BCUT2D eigenvalue weighted by atomic mass is 10.1. The Balaban J connectivity index is 2.17. The number of carbonyl (C=O) groups is 1. The lowest BCUT2D eigenvalue weighted by molar-refractivity contribution is 0.0939. The molecule has 0 heterocycles. The first-order valence-corrected chi connectivity index (χ1v) is 10.4. The van der Waals surface area contributed by atoms with Gasteiger partial charge in [-0.15, -0.1) is 0 Å². The predicted molar refractivity (Wildman–Crippen MR) is 110 cm³/mol. The number of benzene rings is 2. The van der Waals surface area contributed by atoms with Gasteiger partial charge in [0.05, 0.1) is 31.7 Å². The van der Waals surface area contributed by atoms with Gasteiger partial charge in [-0.1, -0.05) is 0 Å².